The Kier molecular flexibility index (Phi) is 4.45. The Morgan fingerprint density at radius 1 is 1.43 bits per heavy atom. The lowest BCUT2D eigenvalue weighted by Crippen LogP contribution is -2.35. The Morgan fingerprint density at radius 2 is 2.24 bits per heavy atom. The summed E-state index contributed by atoms with van der Waals surface area (Å²) in [4.78, 5) is 31.2. The molecule has 21 heavy (non-hydrogen) atoms. The molecule has 1 aliphatic heterocycles. The van der Waals surface area contributed by atoms with Crippen molar-refractivity contribution in [3.63, 3.8) is 0 Å². The SMILES string of the molecule is O=C(Nc1nc2c(s1)CN(C(=O)CCCCl)CC2)C1CC1. The number of thiazole rings is 1. The van der Waals surface area contributed by atoms with Gasteiger partial charge in [-0.05, 0) is 19.3 Å². The van der Waals surface area contributed by atoms with Crippen LogP contribution >= 0.6 is 22.9 Å². The normalized spacial score (nSPS) is 17.5. The maximum atomic E-state index is 12.0. The second-order valence-electron chi connectivity index (χ2n) is 5.51. The van der Waals surface area contributed by atoms with E-state index < -0.39 is 0 Å². The zero-order valence-corrected chi connectivity index (χ0v) is 13.3. The minimum absolute atomic E-state index is 0.0798. The van der Waals surface area contributed by atoms with E-state index in [0.29, 0.717) is 30.5 Å². The molecular formula is C14H18ClN3O2S. The second kappa shape index (κ2) is 6.32. The van der Waals surface area contributed by atoms with Crippen LogP contribution in [0.1, 0.15) is 36.3 Å². The highest BCUT2D eigenvalue weighted by Gasteiger charge is 2.31. The molecule has 2 amide bonds. The minimum atomic E-state index is 0.0798. The van der Waals surface area contributed by atoms with Gasteiger partial charge < -0.3 is 10.2 Å². The van der Waals surface area contributed by atoms with E-state index in [1.807, 2.05) is 4.90 Å². The van der Waals surface area contributed by atoms with Crippen LogP contribution in [0.5, 0.6) is 0 Å². The van der Waals surface area contributed by atoms with Crippen LogP contribution in [0.15, 0.2) is 0 Å². The van der Waals surface area contributed by atoms with Crippen LogP contribution in [0, 0.1) is 5.92 Å². The summed E-state index contributed by atoms with van der Waals surface area (Å²) in [6.07, 6.45) is 3.95. The smallest absolute Gasteiger partial charge is 0.229 e. The van der Waals surface area contributed by atoms with Gasteiger partial charge in [0.05, 0.1) is 12.2 Å². The van der Waals surface area contributed by atoms with E-state index in [4.69, 9.17) is 11.6 Å². The molecule has 0 bridgehead atoms. The third-order valence-electron chi connectivity index (χ3n) is 3.79. The van der Waals surface area contributed by atoms with Crippen molar-refractivity contribution in [2.45, 2.75) is 38.6 Å². The number of carbonyl (C=O) groups is 2. The van der Waals surface area contributed by atoms with Crippen LogP contribution in [0.2, 0.25) is 0 Å². The van der Waals surface area contributed by atoms with Crippen molar-refractivity contribution >= 4 is 39.9 Å². The van der Waals surface area contributed by atoms with Gasteiger partial charge in [0.1, 0.15) is 0 Å². The number of halogens is 1. The van der Waals surface area contributed by atoms with Gasteiger partial charge in [-0.2, -0.15) is 0 Å². The van der Waals surface area contributed by atoms with Crippen molar-refractivity contribution in [3.05, 3.63) is 10.6 Å². The van der Waals surface area contributed by atoms with E-state index in [1.54, 1.807) is 0 Å². The number of hydrogen-bond acceptors (Lipinski definition) is 4. The molecule has 0 aromatic carbocycles. The molecule has 2 aliphatic rings. The highest BCUT2D eigenvalue weighted by Crippen LogP contribution is 2.33. The van der Waals surface area contributed by atoms with Gasteiger partial charge in [0, 0.05) is 36.1 Å². The number of carbonyl (C=O) groups excluding carboxylic acids is 2. The van der Waals surface area contributed by atoms with Crippen LogP contribution in [-0.2, 0) is 22.6 Å². The number of nitrogens with one attached hydrogen (secondary N) is 1. The van der Waals surface area contributed by atoms with E-state index in [0.717, 1.165) is 36.3 Å². The maximum Gasteiger partial charge on any atom is 0.229 e. The van der Waals surface area contributed by atoms with Crippen molar-refractivity contribution in [1.82, 2.24) is 9.88 Å². The van der Waals surface area contributed by atoms with Crippen LogP contribution < -0.4 is 5.32 Å². The topological polar surface area (TPSA) is 62.3 Å². The largest absolute Gasteiger partial charge is 0.337 e. The number of anilines is 1. The van der Waals surface area contributed by atoms with Crippen molar-refractivity contribution in [2.24, 2.45) is 5.92 Å². The third-order valence-corrected chi connectivity index (χ3v) is 5.05. The fourth-order valence-electron chi connectivity index (χ4n) is 2.39. The van der Waals surface area contributed by atoms with Gasteiger partial charge >= 0.3 is 0 Å². The fourth-order valence-corrected chi connectivity index (χ4v) is 3.55. The first kappa shape index (κ1) is 14.8. The summed E-state index contributed by atoms with van der Waals surface area (Å²) in [6, 6.07) is 0. The van der Waals surface area contributed by atoms with Crippen LogP contribution in [-0.4, -0.2) is 34.1 Å². The Labute approximate surface area is 132 Å². The van der Waals surface area contributed by atoms with Crippen LogP contribution in [0.4, 0.5) is 5.13 Å². The average molecular weight is 328 g/mol. The Bertz CT molecular complexity index is 556. The van der Waals surface area contributed by atoms with Crippen LogP contribution in [0.25, 0.3) is 0 Å². The van der Waals surface area contributed by atoms with Gasteiger partial charge in [-0.25, -0.2) is 4.98 Å². The lowest BCUT2D eigenvalue weighted by atomic mass is 10.1. The molecule has 5 nitrogen and oxygen atoms in total. The molecule has 1 aromatic rings. The predicted molar refractivity (Wildman–Crippen MR) is 82.5 cm³/mol. The van der Waals surface area contributed by atoms with Gasteiger partial charge in [0.25, 0.3) is 0 Å². The molecule has 3 rings (SSSR count). The molecule has 7 heteroatoms. The Morgan fingerprint density at radius 3 is 2.95 bits per heavy atom. The summed E-state index contributed by atoms with van der Waals surface area (Å²) >= 11 is 7.12. The van der Waals surface area contributed by atoms with Gasteiger partial charge in [-0.1, -0.05) is 11.3 Å². The average Bonchev–Trinajstić information content (AvgIpc) is 3.25. The van der Waals surface area contributed by atoms with Crippen molar-refractivity contribution in [3.8, 4) is 0 Å². The fraction of sp³-hybridized carbons (Fsp3) is 0.643. The summed E-state index contributed by atoms with van der Waals surface area (Å²) in [6.45, 7) is 1.31. The van der Waals surface area contributed by atoms with E-state index in [-0.39, 0.29) is 17.7 Å². The molecule has 1 saturated carbocycles. The van der Waals surface area contributed by atoms with Gasteiger partial charge in [-0.15, -0.1) is 11.6 Å². The molecule has 114 valence electrons. The lowest BCUT2D eigenvalue weighted by molar-refractivity contribution is -0.132. The summed E-state index contributed by atoms with van der Waals surface area (Å²) in [5, 5.41) is 3.56. The Balaban J connectivity index is 1.61. The maximum absolute atomic E-state index is 12.0. The molecule has 2 heterocycles. The first-order valence-electron chi connectivity index (χ1n) is 7.30. The Hall–Kier alpha value is -1.14. The summed E-state index contributed by atoms with van der Waals surface area (Å²) in [5.74, 6) is 0.928. The zero-order chi connectivity index (χ0) is 14.8. The molecule has 0 radical (unpaired) electrons. The van der Waals surface area contributed by atoms with Gasteiger partial charge in [-0.3, -0.25) is 9.59 Å². The van der Waals surface area contributed by atoms with Crippen LogP contribution in [0.3, 0.4) is 0 Å². The summed E-state index contributed by atoms with van der Waals surface area (Å²) in [5.41, 5.74) is 1.02. The molecule has 1 N–H and O–H groups in total. The number of nitrogens with zero attached hydrogens (tertiary/aromatic N) is 2. The molecule has 1 fully saturated rings. The second-order valence-corrected chi connectivity index (χ2v) is 6.97. The standard InChI is InChI=1S/C14H18ClN3O2S/c15-6-1-2-12(19)18-7-5-10-11(8-18)21-14(16-10)17-13(20)9-3-4-9/h9H,1-8H2,(H,16,17,20). The molecule has 0 saturated heterocycles. The minimum Gasteiger partial charge on any atom is -0.337 e. The first-order chi connectivity index (χ1) is 10.2. The molecule has 0 unspecified atom stereocenters. The first-order valence-corrected chi connectivity index (χ1v) is 8.65. The van der Waals surface area contributed by atoms with E-state index in [1.165, 1.54) is 11.3 Å². The van der Waals surface area contributed by atoms with E-state index in [2.05, 4.69) is 10.3 Å². The van der Waals surface area contributed by atoms with E-state index >= 15 is 0 Å². The number of rotatable bonds is 5. The van der Waals surface area contributed by atoms with Gasteiger partial charge in [0.2, 0.25) is 11.8 Å². The molecule has 1 aliphatic carbocycles. The number of amides is 2. The third kappa shape index (κ3) is 3.55. The van der Waals surface area contributed by atoms with Crippen molar-refractivity contribution < 1.29 is 9.59 Å². The summed E-state index contributed by atoms with van der Waals surface area (Å²) in [7, 11) is 0. The van der Waals surface area contributed by atoms with E-state index in [9.17, 15) is 9.59 Å². The number of fused-ring (bicyclic) bond motifs is 1. The van der Waals surface area contributed by atoms with Gasteiger partial charge in [0.15, 0.2) is 5.13 Å². The molecule has 0 spiro atoms. The highest BCUT2D eigenvalue weighted by atomic mass is 35.5. The number of aromatic nitrogens is 1. The highest BCUT2D eigenvalue weighted by molar-refractivity contribution is 7.15. The quantitative estimate of drug-likeness (QED) is 0.845. The van der Waals surface area contributed by atoms with Crippen molar-refractivity contribution in [2.75, 3.05) is 17.7 Å². The monoisotopic (exact) mass is 327 g/mol. The lowest BCUT2D eigenvalue weighted by Gasteiger charge is -2.26. The molecule has 0 atom stereocenters. The molecule has 1 aromatic heterocycles. The summed E-state index contributed by atoms with van der Waals surface area (Å²) < 4.78 is 0. The predicted octanol–water partition coefficient (Wildman–Crippen LogP) is 2.40. The zero-order valence-electron chi connectivity index (χ0n) is 11.7. The van der Waals surface area contributed by atoms with Crippen molar-refractivity contribution in [1.29, 1.82) is 0 Å². The molecular weight excluding hydrogens is 310 g/mol. The number of hydrogen-bond donors (Lipinski definition) is 1. The number of alkyl halides is 1.